The van der Waals surface area contributed by atoms with E-state index in [-0.39, 0.29) is 5.95 Å². The number of nitrogen functional groups attached to an aromatic ring is 2. The van der Waals surface area contributed by atoms with E-state index in [1.807, 2.05) is 18.4 Å². The molecule has 3 heterocycles. The Labute approximate surface area is 101 Å². The van der Waals surface area contributed by atoms with Crippen molar-refractivity contribution in [2.45, 2.75) is 6.92 Å². The molecule has 3 aromatic heterocycles. The Hall–Kier alpha value is -2.15. The van der Waals surface area contributed by atoms with Crippen molar-refractivity contribution in [2.75, 3.05) is 11.5 Å². The maximum Gasteiger partial charge on any atom is 0.223 e. The number of anilines is 2. The predicted molar refractivity (Wildman–Crippen MR) is 68.6 cm³/mol. The zero-order valence-corrected chi connectivity index (χ0v) is 9.88. The smallest absolute Gasteiger partial charge is 0.223 e. The van der Waals surface area contributed by atoms with Crippen molar-refractivity contribution in [3.63, 3.8) is 0 Å². The van der Waals surface area contributed by atoms with Crippen LogP contribution < -0.4 is 11.5 Å². The Morgan fingerprint density at radius 3 is 2.82 bits per heavy atom. The molecule has 17 heavy (non-hydrogen) atoms. The molecule has 0 aromatic carbocycles. The number of H-pyrrole nitrogens is 1. The fourth-order valence-electron chi connectivity index (χ4n) is 1.73. The summed E-state index contributed by atoms with van der Waals surface area (Å²) in [5.41, 5.74) is 14.2. The van der Waals surface area contributed by atoms with Gasteiger partial charge >= 0.3 is 0 Å². The van der Waals surface area contributed by atoms with E-state index < -0.39 is 0 Å². The summed E-state index contributed by atoms with van der Waals surface area (Å²) in [6, 6.07) is 1.96. The molecule has 3 rings (SSSR count). The average molecular weight is 246 g/mol. The van der Waals surface area contributed by atoms with Crippen LogP contribution in [0.15, 0.2) is 11.4 Å². The van der Waals surface area contributed by atoms with E-state index in [0.717, 1.165) is 27.2 Å². The van der Waals surface area contributed by atoms with Crippen LogP contribution in [-0.4, -0.2) is 20.2 Å². The van der Waals surface area contributed by atoms with Crippen LogP contribution in [-0.2, 0) is 0 Å². The first kappa shape index (κ1) is 10.0. The molecule has 7 heteroatoms. The molecule has 0 saturated carbocycles. The van der Waals surface area contributed by atoms with Crippen molar-refractivity contribution in [3.8, 4) is 11.3 Å². The molecule has 0 atom stereocenters. The van der Waals surface area contributed by atoms with Gasteiger partial charge in [0, 0.05) is 16.6 Å². The Morgan fingerprint density at radius 2 is 2.12 bits per heavy atom. The van der Waals surface area contributed by atoms with E-state index in [1.165, 1.54) is 11.3 Å². The standard InChI is InChI=1S/C10H10N6S/c1-4-2-6(16-15-4)5-3-17-9-7(5)8(11)13-10(12)14-9/h2-3H,1H3,(H,15,16)(H4,11,12,13,14). The first-order valence-electron chi connectivity index (χ1n) is 4.97. The van der Waals surface area contributed by atoms with E-state index in [1.54, 1.807) is 0 Å². The number of aromatic amines is 1. The molecule has 0 bridgehead atoms. The van der Waals surface area contributed by atoms with E-state index in [4.69, 9.17) is 11.5 Å². The van der Waals surface area contributed by atoms with Crippen molar-refractivity contribution in [1.82, 2.24) is 20.2 Å². The number of nitrogens with two attached hydrogens (primary N) is 2. The van der Waals surface area contributed by atoms with Gasteiger partial charge in [0.15, 0.2) is 0 Å². The average Bonchev–Trinajstić information content (AvgIpc) is 2.83. The van der Waals surface area contributed by atoms with E-state index in [9.17, 15) is 0 Å². The maximum absolute atomic E-state index is 5.88. The van der Waals surface area contributed by atoms with Crippen molar-refractivity contribution >= 4 is 33.3 Å². The topological polar surface area (TPSA) is 106 Å². The van der Waals surface area contributed by atoms with Crippen LogP contribution in [0.2, 0.25) is 0 Å². The van der Waals surface area contributed by atoms with Crippen LogP contribution in [0, 0.1) is 6.92 Å². The molecule has 0 aliphatic carbocycles. The Kier molecular flexibility index (Phi) is 2.02. The molecule has 0 unspecified atom stereocenters. The lowest BCUT2D eigenvalue weighted by molar-refractivity contribution is 1.05. The van der Waals surface area contributed by atoms with Gasteiger partial charge in [0.25, 0.3) is 0 Å². The van der Waals surface area contributed by atoms with E-state index in [0.29, 0.717) is 5.82 Å². The molecule has 0 amide bonds. The number of fused-ring (bicyclic) bond motifs is 1. The molecule has 0 aliphatic rings. The molecule has 5 N–H and O–H groups in total. The first-order chi connectivity index (χ1) is 8.15. The molecule has 86 valence electrons. The fourth-order valence-corrected chi connectivity index (χ4v) is 2.68. The normalized spacial score (nSPS) is 11.1. The molecule has 6 nitrogen and oxygen atoms in total. The zero-order valence-electron chi connectivity index (χ0n) is 9.06. The van der Waals surface area contributed by atoms with Crippen LogP contribution in [0.25, 0.3) is 21.5 Å². The maximum atomic E-state index is 5.88. The van der Waals surface area contributed by atoms with Gasteiger partial charge < -0.3 is 11.5 Å². The monoisotopic (exact) mass is 246 g/mol. The quantitative estimate of drug-likeness (QED) is 0.604. The molecular formula is C10H10N6S. The lowest BCUT2D eigenvalue weighted by Gasteiger charge is -1.99. The Balaban J connectivity index is 2.31. The van der Waals surface area contributed by atoms with Crippen molar-refractivity contribution in [1.29, 1.82) is 0 Å². The summed E-state index contributed by atoms with van der Waals surface area (Å²) in [7, 11) is 0. The van der Waals surface area contributed by atoms with E-state index in [2.05, 4.69) is 20.2 Å². The fraction of sp³-hybridized carbons (Fsp3) is 0.100. The number of hydrogen-bond acceptors (Lipinski definition) is 6. The highest BCUT2D eigenvalue weighted by atomic mass is 32.1. The second-order valence-electron chi connectivity index (χ2n) is 3.73. The summed E-state index contributed by atoms with van der Waals surface area (Å²) < 4.78 is 0. The van der Waals surface area contributed by atoms with E-state index >= 15 is 0 Å². The molecule has 3 aromatic rings. The second kappa shape index (κ2) is 3.42. The van der Waals surface area contributed by atoms with Crippen LogP contribution in [0.3, 0.4) is 0 Å². The minimum absolute atomic E-state index is 0.196. The highest BCUT2D eigenvalue weighted by molar-refractivity contribution is 7.17. The van der Waals surface area contributed by atoms with Gasteiger partial charge in [-0.15, -0.1) is 11.3 Å². The summed E-state index contributed by atoms with van der Waals surface area (Å²) in [5, 5.41) is 9.89. The summed E-state index contributed by atoms with van der Waals surface area (Å²) in [4.78, 5) is 8.92. The van der Waals surface area contributed by atoms with Crippen LogP contribution >= 0.6 is 11.3 Å². The summed E-state index contributed by atoms with van der Waals surface area (Å²) in [5.74, 6) is 0.589. The number of nitrogens with zero attached hydrogens (tertiary/aromatic N) is 3. The second-order valence-corrected chi connectivity index (χ2v) is 4.59. The van der Waals surface area contributed by atoms with Gasteiger partial charge in [0.2, 0.25) is 5.95 Å². The third-order valence-electron chi connectivity index (χ3n) is 2.46. The van der Waals surface area contributed by atoms with Gasteiger partial charge in [0.1, 0.15) is 10.6 Å². The van der Waals surface area contributed by atoms with Gasteiger partial charge in [-0.1, -0.05) is 0 Å². The molecule has 0 saturated heterocycles. The van der Waals surface area contributed by atoms with Crippen LogP contribution in [0.1, 0.15) is 5.69 Å². The van der Waals surface area contributed by atoms with Crippen LogP contribution in [0.5, 0.6) is 0 Å². The molecule has 0 spiro atoms. The number of rotatable bonds is 1. The molecular weight excluding hydrogens is 236 g/mol. The minimum Gasteiger partial charge on any atom is -0.383 e. The van der Waals surface area contributed by atoms with Gasteiger partial charge in [0.05, 0.1) is 11.1 Å². The molecule has 0 fully saturated rings. The van der Waals surface area contributed by atoms with Crippen molar-refractivity contribution in [3.05, 3.63) is 17.1 Å². The SMILES string of the molecule is Cc1cc(-c2csc3nc(N)nc(N)c23)n[nH]1. The lowest BCUT2D eigenvalue weighted by atomic mass is 10.1. The Bertz CT molecular complexity index is 698. The van der Waals surface area contributed by atoms with Gasteiger partial charge in [-0.05, 0) is 13.0 Å². The summed E-state index contributed by atoms with van der Waals surface area (Å²) >= 11 is 1.48. The molecule has 0 aliphatic heterocycles. The number of hydrogen-bond donors (Lipinski definition) is 3. The van der Waals surface area contributed by atoms with Gasteiger partial charge in [-0.2, -0.15) is 10.1 Å². The number of thiophene rings is 1. The highest BCUT2D eigenvalue weighted by Crippen LogP contribution is 2.35. The van der Waals surface area contributed by atoms with Gasteiger partial charge in [-0.25, -0.2) is 4.98 Å². The van der Waals surface area contributed by atoms with Crippen molar-refractivity contribution < 1.29 is 0 Å². The van der Waals surface area contributed by atoms with Crippen LogP contribution in [0.4, 0.5) is 11.8 Å². The highest BCUT2D eigenvalue weighted by Gasteiger charge is 2.14. The summed E-state index contributed by atoms with van der Waals surface area (Å²) in [6.07, 6.45) is 0. The zero-order chi connectivity index (χ0) is 12.0. The first-order valence-corrected chi connectivity index (χ1v) is 5.85. The van der Waals surface area contributed by atoms with Crippen molar-refractivity contribution in [2.24, 2.45) is 0 Å². The predicted octanol–water partition coefficient (Wildman–Crippen LogP) is 1.55. The number of nitrogens with one attached hydrogen (secondary N) is 1. The van der Waals surface area contributed by atoms with Gasteiger partial charge in [-0.3, -0.25) is 5.10 Å². The largest absolute Gasteiger partial charge is 0.383 e. The number of aryl methyl sites for hydroxylation is 1. The number of aromatic nitrogens is 4. The summed E-state index contributed by atoms with van der Waals surface area (Å²) in [6.45, 7) is 1.95. The lowest BCUT2D eigenvalue weighted by Crippen LogP contribution is -1.99. The third-order valence-corrected chi connectivity index (χ3v) is 3.33. The minimum atomic E-state index is 0.196. The third kappa shape index (κ3) is 1.51. The molecule has 0 radical (unpaired) electrons. The Morgan fingerprint density at radius 1 is 1.29 bits per heavy atom.